The van der Waals surface area contributed by atoms with Crippen LogP contribution in [0.5, 0.6) is 0 Å². The Morgan fingerprint density at radius 1 is 1.41 bits per heavy atom. The molecule has 1 atom stereocenters. The second-order valence-electron chi connectivity index (χ2n) is 5.55. The predicted octanol–water partition coefficient (Wildman–Crippen LogP) is 2.21. The molecule has 0 bridgehead atoms. The molecule has 1 saturated heterocycles. The van der Waals surface area contributed by atoms with Crippen LogP contribution in [0.1, 0.15) is 12.8 Å². The summed E-state index contributed by atoms with van der Waals surface area (Å²) in [6, 6.07) is 5.33. The molecule has 2 N–H and O–H groups in total. The Labute approximate surface area is 147 Å². The Morgan fingerprint density at radius 3 is 2.73 bits per heavy atom. The molecule has 1 aliphatic heterocycles. The molecule has 0 radical (unpaired) electrons. The molecule has 8 heteroatoms. The fourth-order valence-electron chi connectivity index (χ4n) is 2.41. The van der Waals surface area contributed by atoms with Gasteiger partial charge in [-0.3, -0.25) is 0 Å². The zero-order valence-corrected chi connectivity index (χ0v) is 16.0. The van der Waals surface area contributed by atoms with E-state index in [0.29, 0.717) is 21.8 Å². The Balaban J connectivity index is 0.00000242. The first-order chi connectivity index (χ1) is 9.90. The van der Waals surface area contributed by atoms with Gasteiger partial charge in [0, 0.05) is 30.8 Å². The van der Waals surface area contributed by atoms with E-state index in [2.05, 4.69) is 26.0 Å². The van der Waals surface area contributed by atoms with Gasteiger partial charge < -0.3 is 10.2 Å². The third kappa shape index (κ3) is 5.09. The van der Waals surface area contributed by atoms with E-state index in [1.165, 1.54) is 0 Å². The van der Waals surface area contributed by atoms with E-state index in [0.717, 1.165) is 31.6 Å². The van der Waals surface area contributed by atoms with Gasteiger partial charge in [0.15, 0.2) is 0 Å². The normalized spacial score (nSPS) is 18.0. The minimum atomic E-state index is -3.48. The van der Waals surface area contributed by atoms with E-state index in [1.54, 1.807) is 12.1 Å². The molecule has 0 spiro atoms. The average molecular weight is 413 g/mol. The Bertz CT molecular complexity index is 590. The van der Waals surface area contributed by atoms with Crippen molar-refractivity contribution in [3.63, 3.8) is 0 Å². The van der Waals surface area contributed by atoms with Crippen LogP contribution in [-0.4, -0.2) is 42.1 Å². The van der Waals surface area contributed by atoms with E-state index in [4.69, 9.17) is 0 Å². The maximum absolute atomic E-state index is 12.4. The van der Waals surface area contributed by atoms with E-state index in [1.807, 2.05) is 25.1 Å². The smallest absolute Gasteiger partial charge is 0.241 e. The molecule has 0 amide bonds. The first-order valence-electron chi connectivity index (χ1n) is 7.07. The minimum absolute atomic E-state index is 0. The highest BCUT2D eigenvalue weighted by Gasteiger charge is 2.20. The lowest BCUT2D eigenvalue weighted by molar-refractivity contribution is 0.519. The van der Waals surface area contributed by atoms with Crippen molar-refractivity contribution in [2.24, 2.45) is 5.92 Å². The van der Waals surface area contributed by atoms with Crippen molar-refractivity contribution >= 4 is 44.0 Å². The lowest BCUT2D eigenvalue weighted by Crippen LogP contribution is -2.27. The summed E-state index contributed by atoms with van der Waals surface area (Å²) in [4.78, 5) is 2.17. The maximum atomic E-state index is 12.4. The molecular formula is C14H23BrClN3O2S. The van der Waals surface area contributed by atoms with Gasteiger partial charge in [-0.1, -0.05) is 0 Å². The summed E-state index contributed by atoms with van der Waals surface area (Å²) >= 11 is 3.33. The van der Waals surface area contributed by atoms with Crippen molar-refractivity contribution in [3.05, 3.63) is 22.7 Å². The summed E-state index contributed by atoms with van der Waals surface area (Å²) < 4.78 is 28.1. The Kier molecular flexibility index (Phi) is 7.61. The summed E-state index contributed by atoms with van der Waals surface area (Å²) in [6.45, 7) is 2.50. The summed E-state index contributed by atoms with van der Waals surface area (Å²) in [7, 11) is 0.295. The number of sulfonamides is 1. The van der Waals surface area contributed by atoms with Crippen LogP contribution in [0.15, 0.2) is 27.6 Å². The number of nitrogens with zero attached hydrogens (tertiary/aromatic N) is 1. The van der Waals surface area contributed by atoms with Crippen LogP contribution in [0.3, 0.4) is 0 Å². The predicted molar refractivity (Wildman–Crippen MR) is 96.5 cm³/mol. The second-order valence-corrected chi connectivity index (χ2v) is 8.14. The molecule has 22 heavy (non-hydrogen) atoms. The molecule has 0 aromatic heterocycles. The van der Waals surface area contributed by atoms with Gasteiger partial charge in [-0.25, -0.2) is 13.1 Å². The molecular weight excluding hydrogens is 390 g/mol. The number of hydrogen-bond acceptors (Lipinski definition) is 4. The summed E-state index contributed by atoms with van der Waals surface area (Å²) in [5.41, 5.74) is 0.860. The largest absolute Gasteiger partial charge is 0.378 e. The highest BCUT2D eigenvalue weighted by molar-refractivity contribution is 9.10. The van der Waals surface area contributed by atoms with Crippen LogP contribution in [0.25, 0.3) is 0 Å². The fourth-order valence-corrected chi connectivity index (χ4v) is 4.44. The van der Waals surface area contributed by atoms with Crippen LogP contribution in [-0.2, 0) is 10.0 Å². The maximum Gasteiger partial charge on any atom is 0.241 e. The molecule has 0 aliphatic carbocycles. The summed E-state index contributed by atoms with van der Waals surface area (Å²) in [5, 5.41) is 3.29. The number of nitrogens with one attached hydrogen (secondary N) is 2. The van der Waals surface area contributed by atoms with Crippen molar-refractivity contribution in [1.29, 1.82) is 0 Å². The molecule has 1 aromatic rings. The SMILES string of the molecule is CN(C)c1ccc(Br)c(S(=O)(=O)NCCC2CCNC2)c1.Cl. The van der Waals surface area contributed by atoms with E-state index < -0.39 is 10.0 Å². The summed E-state index contributed by atoms with van der Waals surface area (Å²) in [6.07, 6.45) is 2.00. The molecule has 1 unspecified atom stereocenters. The first kappa shape index (κ1) is 19.7. The molecule has 5 nitrogen and oxygen atoms in total. The number of benzene rings is 1. The van der Waals surface area contributed by atoms with E-state index in [9.17, 15) is 8.42 Å². The zero-order chi connectivity index (χ0) is 15.5. The molecule has 1 aromatic carbocycles. The quantitative estimate of drug-likeness (QED) is 0.752. The lowest BCUT2D eigenvalue weighted by atomic mass is 10.1. The van der Waals surface area contributed by atoms with E-state index >= 15 is 0 Å². The minimum Gasteiger partial charge on any atom is -0.378 e. The van der Waals surface area contributed by atoms with Crippen molar-refractivity contribution in [2.45, 2.75) is 17.7 Å². The van der Waals surface area contributed by atoms with Crippen molar-refractivity contribution in [2.75, 3.05) is 38.6 Å². The Morgan fingerprint density at radius 2 is 2.14 bits per heavy atom. The third-order valence-corrected chi connectivity index (χ3v) is 6.18. The standard InChI is InChI=1S/C14H22BrN3O2S.ClH/c1-18(2)12-3-4-13(15)14(9-12)21(19,20)17-8-6-11-5-7-16-10-11;/h3-4,9,11,16-17H,5-8,10H2,1-2H3;1H. The van der Waals surface area contributed by atoms with Gasteiger partial charge in [-0.15, -0.1) is 12.4 Å². The number of anilines is 1. The molecule has 2 rings (SSSR count). The molecule has 1 heterocycles. The highest BCUT2D eigenvalue weighted by Crippen LogP contribution is 2.26. The topological polar surface area (TPSA) is 61.4 Å². The lowest BCUT2D eigenvalue weighted by Gasteiger charge is -2.16. The van der Waals surface area contributed by atoms with Crippen LogP contribution in [0.2, 0.25) is 0 Å². The monoisotopic (exact) mass is 411 g/mol. The van der Waals surface area contributed by atoms with Gasteiger partial charge in [0.05, 0.1) is 4.90 Å². The molecule has 1 fully saturated rings. The van der Waals surface area contributed by atoms with Gasteiger partial charge >= 0.3 is 0 Å². The van der Waals surface area contributed by atoms with E-state index in [-0.39, 0.29) is 12.4 Å². The fraction of sp³-hybridized carbons (Fsp3) is 0.571. The number of halogens is 2. The summed E-state index contributed by atoms with van der Waals surface area (Å²) in [5.74, 6) is 0.573. The van der Waals surface area contributed by atoms with Crippen molar-refractivity contribution in [3.8, 4) is 0 Å². The number of rotatable bonds is 6. The molecule has 1 aliphatic rings. The van der Waals surface area contributed by atoms with Crippen LogP contribution < -0.4 is 14.9 Å². The highest BCUT2D eigenvalue weighted by atomic mass is 79.9. The number of hydrogen-bond donors (Lipinski definition) is 2. The molecule has 0 saturated carbocycles. The van der Waals surface area contributed by atoms with Gasteiger partial charge in [0.1, 0.15) is 0 Å². The van der Waals surface area contributed by atoms with Crippen LogP contribution in [0, 0.1) is 5.92 Å². The zero-order valence-electron chi connectivity index (χ0n) is 12.8. The van der Waals surface area contributed by atoms with Crippen molar-refractivity contribution in [1.82, 2.24) is 10.0 Å². The first-order valence-corrected chi connectivity index (χ1v) is 9.35. The van der Waals surface area contributed by atoms with Crippen LogP contribution in [0.4, 0.5) is 5.69 Å². The van der Waals surface area contributed by atoms with Crippen LogP contribution >= 0.6 is 28.3 Å². The Hall–Kier alpha value is -0.340. The third-order valence-electron chi connectivity index (χ3n) is 3.73. The van der Waals surface area contributed by atoms with Gasteiger partial charge in [0.2, 0.25) is 10.0 Å². The van der Waals surface area contributed by atoms with Gasteiger partial charge in [-0.05, 0) is 66.0 Å². The molecule has 126 valence electrons. The average Bonchev–Trinajstić information content (AvgIpc) is 2.91. The van der Waals surface area contributed by atoms with Gasteiger partial charge in [-0.2, -0.15) is 0 Å². The second kappa shape index (κ2) is 8.49. The van der Waals surface area contributed by atoms with Gasteiger partial charge in [0.25, 0.3) is 0 Å². The van der Waals surface area contributed by atoms with Crippen molar-refractivity contribution < 1.29 is 8.42 Å².